The molecule has 7 nitrogen and oxygen atoms in total. The van der Waals surface area contributed by atoms with Gasteiger partial charge in [0.1, 0.15) is 6.10 Å². The standard InChI is InChI=1S/C19H34O7/c1-11(2)23-15-14(26-17(22)19(6,7)8)13(9-12(10-20)24-15)25-16(21)18(3,4)5/h11-15,20H,9-10H2,1-8H3/t12-,13-,14-,15-/m0/s1. The van der Waals surface area contributed by atoms with Crippen LogP contribution in [0.25, 0.3) is 0 Å². The summed E-state index contributed by atoms with van der Waals surface area (Å²) in [7, 11) is 0. The number of rotatable bonds is 5. The van der Waals surface area contributed by atoms with Gasteiger partial charge in [-0.2, -0.15) is 0 Å². The summed E-state index contributed by atoms with van der Waals surface area (Å²) >= 11 is 0. The van der Waals surface area contributed by atoms with E-state index in [1.165, 1.54) is 0 Å². The van der Waals surface area contributed by atoms with Crippen LogP contribution in [-0.2, 0) is 28.5 Å². The number of aliphatic hydroxyl groups is 1. The van der Waals surface area contributed by atoms with Crippen molar-refractivity contribution in [2.45, 2.75) is 92.5 Å². The Labute approximate surface area is 156 Å². The van der Waals surface area contributed by atoms with Gasteiger partial charge in [-0.05, 0) is 55.4 Å². The summed E-state index contributed by atoms with van der Waals surface area (Å²) in [5.41, 5.74) is -1.44. The Morgan fingerprint density at radius 2 is 1.54 bits per heavy atom. The highest BCUT2D eigenvalue weighted by atomic mass is 16.7. The molecule has 0 aromatic heterocycles. The predicted molar refractivity (Wildman–Crippen MR) is 95.3 cm³/mol. The molecule has 0 aliphatic carbocycles. The van der Waals surface area contributed by atoms with Crippen molar-refractivity contribution in [2.24, 2.45) is 10.8 Å². The summed E-state index contributed by atoms with van der Waals surface area (Å²) in [6, 6.07) is 0. The van der Waals surface area contributed by atoms with Crippen LogP contribution >= 0.6 is 0 Å². The summed E-state index contributed by atoms with van der Waals surface area (Å²) in [6.07, 6.45) is -3.14. The predicted octanol–water partition coefficient (Wildman–Crippen LogP) is 2.43. The molecule has 1 aliphatic rings. The molecular weight excluding hydrogens is 340 g/mol. The zero-order valence-electron chi connectivity index (χ0n) is 17.2. The minimum Gasteiger partial charge on any atom is -0.458 e. The Kier molecular flexibility index (Phi) is 7.62. The second-order valence-corrected chi connectivity index (χ2v) is 9.04. The van der Waals surface area contributed by atoms with E-state index in [-0.39, 0.29) is 19.1 Å². The zero-order chi connectivity index (χ0) is 20.3. The summed E-state index contributed by atoms with van der Waals surface area (Å²) in [6.45, 7) is 13.9. The lowest BCUT2D eigenvalue weighted by molar-refractivity contribution is -0.290. The van der Waals surface area contributed by atoms with Gasteiger partial charge in [-0.25, -0.2) is 0 Å². The van der Waals surface area contributed by atoms with E-state index in [2.05, 4.69) is 0 Å². The largest absolute Gasteiger partial charge is 0.458 e. The van der Waals surface area contributed by atoms with Gasteiger partial charge < -0.3 is 24.1 Å². The van der Waals surface area contributed by atoms with Crippen molar-refractivity contribution < 1.29 is 33.6 Å². The number of ether oxygens (including phenoxy) is 4. The number of aliphatic hydroxyl groups excluding tert-OH is 1. The van der Waals surface area contributed by atoms with Crippen LogP contribution in [0.3, 0.4) is 0 Å². The molecular formula is C19H34O7. The summed E-state index contributed by atoms with van der Waals surface area (Å²) in [5, 5.41) is 9.52. The lowest BCUT2D eigenvalue weighted by atomic mass is 9.95. The third kappa shape index (κ3) is 6.52. The van der Waals surface area contributed by atoms with Crippen LogP contribution < -0.4 is 0 Å². The van der Waals surface area contributed by atoms with Gasteiger partial charge in [0.05, 0.1) is 29.6 Å². The van der Waals surface area contributed by atoms with Gasteiger partial charge in [0.25, 0.3) is 0 Å². The van der Waals surface area contributed by atoms with Gasteiger partial charge in [-0.1, -0.05) is 0 Å². The van der Waals surface area contributed by atoms with E-state index in [0.29, 0.717) is 0 Å². The fourth-order valence-electron chi connectivity index (χ4n) is 2.25. The Morgan fingerprint density at radius 3 is 1.96 bits per heavy atom. The van der Waals surface area contributed by atoms with Crippen molar-refractivity contribution in [2.75, 3.05) is 6.61 Å². The first-order valence-corrected chi connectivity index (χ1v) is 9.09. The number of esters is 2. The lowest BCUT2D eigenvalue weighted by Gasteiger charge is -2.41. The van der Waals surface area contributed by atoms with Gasteiger partial charge in [0.2, 0.25) is 0 Å². The van der Waals surface area contributed by atoms with Crippen molar-refractivity contribution in [3.05, 3.63) is 0 Å². The molecule has 4 atom stereocenters. The van der Waals surface area contributed by atoms with Gasteiger partial charge >= 0.3 is 11.9 Å². The highest BCUT2D eigenvalue weighted by Crippen LogP contribution is 2.31. The first-order valence-electron chi connectivity index (χ1n) is 9.09. The van der Waals surface area contributed by atoms with E-state index < -0.39 is 47.4 Å². The van der Waals surface area contributed by atoms with Crippen molar-refractivity contribution in [3.63, 3.8) is 0 Å². The van der Waals surface area contributed by atoms with Gasteiger partial charge in [0.15, 0.2) is 12.4 Å². The van der Waals surface area contributed by atoms with Gasteiger partial charge in [-0.3, -0.25) is 9.59 Å². The highest BCUT2D eigenvalue weighted by Gasteiger charge is 2.46. The molecule has 1 aliphatic heterocycles. The van der Waals surface area contributed by atoms with E-state index in [1.54, 1.807) is 41.5 Å². The molecule has 0 radical (unpaired) electrons. The highest BCUT2D eigenvalue weighted by molar-refractivity contribution is 5.76. The first kappa shape index (κ1) is 22.9. The van der Waals surface area contributed by atoms with Crippen LogP contribution in [0.1, 0.15) is 61.8 Å². The molecule has 0 aromatic rings. The maximum Gasteiger partial charge on any atom is 0.311 e. The number of carbonyl (C=O) groups excluding carboxylic acids is 2. The molecule has 0 unspecified atom stereocenters. The molecule has 152 valence electrons. The molecule has 0 saturated carbocycles. The van der Waals surface area contributed by atoms with Crippen LogP contribution in [0, 0.1) is 10.8 Å². The molecule has 0 amide bonds. The average molecular weight is 374 g/mol. The quantitative estimate of drug-likeness (QED) is 0.739. The molecule has 0 spiro atoms. The van der Waals surface area contributed by atoms with E-state index in [4.69, 9.17) is 18.9 Å². The summed E-state index contributed by atoms with van der Waals surface area (Å²) in [4.78, 5) is 24.8. The topological polar surface area (TPSA) is 91.3 Å². The van der Waals surface area contributed by atoms with E-state index >= 15 is 0 Å². The summed E-state index contributed by atoms with van der Waals surface area (Å²) in [5.74, 6) is -0.857. The molecule has 7 heteroatoms. The Hall–Kier alpha value is -1.18. The van der Waals surface area contributed by atoms with Crippen LogP contribution in [0.2, 0.25) is 0 Å². The number of hydrogen-bond acceptors (Lipinski definition) is 7. The van der Waals surface area contributed by atoms with Crippen LogP contribution in [0.4, 0.5) is 0 Å². The minimum atomic E-state index is -0.926. The fraction of sp³-hybridized carbons (Fsp3) is 0.895. The van der Waals surface area contributed by atoms with Crippen molar-refractivity contribution in [1.29, 1.82) is 0 Å². The van der Waals surface area contributed by atoms with Crippen LogP contribution in [0.15, 0.2) is 0 Å². The summed E-state index contributed by atoms with van der Waals surface area (Å²) < 4.78 is 22.8. The van der Waals surface area contributed by atoms with Crippen LogP contribution in [-0.4, -0.2) is 54.4 Å². The monoisotopic (exact) mass is 374 g/mol. The molecule has 0 bridgehead atoms. The normalized spacial score (nSPS) is 27.3. The smallest absolute Gasteiger partial charge is 0.311 e. The molecule has 0 aromatic carbocycles. The molecule has 1 N–H and O–H groups in total. The second-order valence-electron chi connectivity index (χ2n) is 9.04. The van der Waals surface area contributed by atoms with Gasteiger partial charge in [0, 0.05) is 6.42 Å². The number of hydrogen-bond donors (Lipinski definition) is 1. The third-order valence-corrected chi connectivity index (χ3v) is 3.79. The van der Waals surface area contributed by atoms with Crippen LogP contribution in [0.5, 0.6) is 0 Å². The fourth-order valence-corrected chi connectivity index (χ4v) is 2.25. The van der Waals surface area contributed by atoms with E-state index in [9.17, 15) is 14.7 Å². The van der Waals surface area contributed by atoms with Crippen molar-refractivity contribution >= 4 is 11.9 Å². The Morgan fingerprint density at radius 1 is 1.04 bits per heavy atom. The molecule has 26 heavy (non-hydrogen) atoms. The van der Waals surface area contributed by atoms with Gasteiger partial charge in [-0.15, -0.1) is 0 Å². The molecule has 1 rings (SSSR count). The maximum absolute atomic E-state index is 12.4. The third-order valence-electron chi connectivity index (χ3n) is 3.79. The lowest BCUT2D eigenvalue weighted by Crippen LogP contribution is -2.55. The number of carbonyl (C=O) groups is 2. The molecule has 1 heterocycles. The van der Waals surface area contributed by atoms with E-state index in [1.807, 2.05) is 13.8 Å². The zero-order valence-corrected chi connectivity index (χ0v) is 17.2. The Bertz CT molecular complexity index is 487. The minimum absolute atomic E-state index is 0.202. The second kappa shape index (κ2) is 8.67. The Balaban J connectivity index is 3.11. The van der Waals surface area contributed by atoms with Crippen molar-refractivity contribution in [1.82, 2.24) is 0 Å². The average Bonchev–Trinajstić information content (AvgIpc) is 2.47. The maximum atomic E-state index is 12.4. The molecule has 1 fully saturated rings. The SMILES string of the molecule is CC(C)O[C@H]1O[C@H](CO)C[C@H](OC(=O)C(C)(C)C)[C@@H]1OC(=O)C(C)(C)C. The molecule has 1 saturated heterocycles. The van der Waals surface area contributed by atoms with Crippen molar-refractivity contribution in [3.8, 4) is 0 Å². The van der Waals surface area contributed by atoms with E-state index in [0.717, 1.165) is 0 Å². The first-order chi connectivity index (χ1) is 11.8.